The topological polar surface area (TPSA) is 63.7 Å². The van der Waals surface area contributed by atoms with Crippen LogP contribution in [0.15, 0.2) is 48.7 Å². The van der Waals surface area contributed by atoms with Gasteiger partial charge < -0.3 is 19.7 Å². The summed E-state index contributed by atoms with van der Waals surface area (Å²) in [5.74, 6) is -3.46. The van der Waals surface area contributed by atoms with Gasteiger partial charge in [-0.05, 0) is 65.9 Å². The first-order chi connectivity index (χ1) is 16.9. The van der Waals surface area contributed by atoms with Crippen LogP contribution in [-0.4, -0.2) is 50.9 Å². The summed E-state index contributed by atoms with van der Waals surface area (Å²) in [6.45, 7) is 1.29. The van der Waals surface area contributed by atoms with E-state index in [1.807, 2.05) is 23.1 Å². The van der Waals surface area contributed by atoms with E-state index in [1.54, 1.807) is 32.5 Å². The minimum Gasteiger partial charge on any atom is -0.382 e. The second kappa shape index (κ2) is 10.9. The van der Waals surface area contributed by atoms with Crippen molar-refractivity contribution in [2.24, 2.45) is 0 Å². The largest absolute Gasteiger partial charge is 0.382 e. The van der Waals surface area contributed by atoms with Crippen LogP contribution in [0, 0.1) is 17.5 Å². The molecule has 1 N–H and O–H groups in total. The fourth-order valence-corrected chi connectivity index (χ4v) is 4.35. The van der Waals surface area contributed by atoms with Gasteiger partial charge in [-0.15, -0.1) is 0 Å². The van der Waals surface area contributed by atoms with Crippen LogP contribution in [0.25, 0.3) is 0 Å². The average molecular weight is 486 g/mol. The van der Waals surface area contributed by atoms with Crippen LogP contribution >= 0.6 is 0 Å². The van der Waals surface area contributed by atoms with Crippen LogP contribution in [0.4, 0.5) is 24.7 Å². The molecule has 0 aliphatic carbocycles. The monoisotopic (exact) mass is 485 g/mol. The molecule has 0 spiro atoms. The van der Waals surface area contributed by atoms with Crippen molar-refractivity contribution in [3.8, 4) is 0 Å². The van der Waals surface area contributed by atoms with Crippen molar-refractivity contribution >= 4 is 17.4 Å². The van der Waals surface area contributed by atoms with E-state index in [0.29, 0.717) is 43.1 Å². The Balaban J connectivity index is 1.56. The molecule has 6 nitrogen and oxygen atoms in total. The molecule has 1 amide bonds. The molecule has 1 aliphatic heterocycles. The molecule has 9 heteroatoms. The lowest BCUT2D eigenvalue weighted by atomic mass is 10.0. The summed E-state index contributed by atoms with van der Waals surface area (Å²) in [5, 5.41) is 2.96. The van der Waals surface area contributed by atoms with E-state index in [0.717, 1.165) is 28.9 Å². The lowest BCUT2D eigenvalue weighted by Crippen LogP contribution is -2.41. The third-order valence-corrected chi connectivity index (χ3v) is 5.88. The number of rotatable bonds is 9. The number of methoxy groups -OCH3 is 2. The van der Waals surface area contributed by atoms with E-state index < -0.39 is 17.5 Å². The van der Waals surface area contributed by atoms with E-state index in [2.05, 4.69) is 10.3 Å². The zero-order valence-corrected chi connectivity index (χ0v) is 19.5. The maximum atomic E-state index is 13.6. The normalized spacial score (nSPS) is 12.8. The van der Waals surface area contributed by atoms with E-state index >= 15 is 0 Å². The second-order valence-electron chi connectivity index (χ2n) is 8.36. The zero-order valence-electron chi connectivity index (χ0n) is 19.5. The number of aromatic nitrogens is 1. The fraction of sp³-hybridized carbons (Fsp3) is 0.308. The number of fused-ring (bicyclic) bond motifs is 1. The van der Waals surface area contributed by atoms with Crippen molar-refractivity contribution in [1.29, 1.82) is 0 Å². The third-order valence-electron chi connectivity index (χ3n) is 5.88. The van der Waals surface area contributed by atoms with Gasteiger partial charge in [0.15, 0.2) is 17.5 Å². The Bertz CT molecular complexity index is 1190. The Labute approximate surface area is 201 Å². The summed E-state index contributed by atoms with van der Waals surface area (Å²) in [7, 11) is 3.13. The fourth-order valence-electron chi connectivity index (χ4n) is 4.35. The molecule has 35 heavy (non-hydrogen) atoms. The molecule has 0 bridgehead atoms. The minimum absolute atomic E-state index is 0.204. The summed E-state index contributed by atoms with van der Waals surface area (Å²) in [6.07, 6.45) is 2.49. The molecular formula is C26H26F3N3O3. The maximum absolute atomic E-state index is 13.6. The van der Waals surface area contributed by atoms with E-state index in [-0.39, 0.29) is 18.4 Å². The SMILES string of the molecule is COCC(COC)NC(=O)c1cccc2c1CCN2c1cc(Cc2cc(F)c(F)c(F)c2)ccn1. The number of ether oxygens (including phenoxy) is 2. The van der Waals surface area contributed by atoms with Crippen molar-refractivity contribution < 1.29 is 27.4 Å². The Morgan fingerprint density at radius 1 is 1.06 bits per heavy atom. The Morgan fingerprint density at radius 2 is 1.77 bits per heavy atom. The molecular weight excluding hydrogens is 459 g/mol. The highest BCUT2D eigenvalue weighted by Gasteiger charge is 2.27. The zero-order chi connectivity index (χ0) is 24.9. The van der Waals surface area contributed by atoms with Crippen molar-refractivity contribution in [1.82, 2.24) is 10.3 Å². The van der Waals surface area contributed by atoms with Crippen molar-refractivity contribution in [3.05, 3.63) is 88.4 Å². The number of halogens is 3. The van der Waals surface area contributed by atoms with Gasteiger partial charge >= 0.3 is 0 Å². The number of nitrogens with one attached hydrogen (secondary N) is 1. The van der Waals surface area contributed by atoms with Gasteiger partial charge in [0, 0.05) is 38.2 Å². The number of hydrogen-bond donors (Lipinski definition) is 1. The molecule has 1 aliphatic rings. The van der Waals surface area contributed by atoms with Gasteiger partial charge in [0.05, 0.1) is 19.3 Å². The number of nitrogens with zero attached hydrogens (tertiary/aromatic N) is 2. The lowest BCUT2D eigenvalue weighted by molar-refractivity contribution is 0.0778. The van der Waals surface area contributed by atoms with Gasteiger partial charge in [0.2, 0.25) is 0 Å². The van der Waals surface area contributed by atoms with Gasteiger partial charge in [-0.25, -0.2) is 18.2 Å². The first-order valence-corrected chi connectivity index (χ1v) is 11.2. The van der Waals surface area contributed by atoms with E-state index in [4.69, 9.17) is 9.47 Å². The van der Waals surface area contributed by atoms with Gasteiger partial charge in [-0.2, -0.15) is 0 Å². The molecule has 0 atom stereocenters. The van der Waals surface area contributed by atoms with Gasteiger partial charge in [-0.3, -0.25) is 4.79 Å². The first-order valence-electron chi connectivity index (χ1n) is 11.2. The predicted octanol–water partition coefficient (Wildman–Crippen LogP) is 4.18. The predicted molar refractivity (Wildman–Crippen MR) is 126 cm³/mol. The van der Waals surface area contributed by atoms with E-state index in [1.165, 1.54) is 0 Å². The van der Waals surface area contributed by atoms with E-state index in [9.17, 15) is 18.0 Å². The molecule has 0 fully saturated rings. The first kappa shape index (κ1) is 24.7. The molecule has 2 heterocycles. The molecule has 4 rings (SSSR count). The van der Waals surface area contributed by atoms with Crippen molar-refractivity contribution in [2.45, 2.75) is 18.9 Å². The summed E-state index contributed by atoms with van der Waals surface area (Å²) >= 11 is 0. The summed E-state index contributed by atoms with van der Waals surface area (Å²) in [4.78, 5) is 19.5. The summed E-state index contributed by atoms with van der Waals surface area (Å²) in [5.41, 5.74) is 3.45. The van der Waals surface area contributed by atoms with Crippen LogP contribution in [0.1, 0.15) is 27.0 Å². The number of anilines is 2. The number of carbonyl (C=O) groups excluding carboxylic acids is 1. The highest BCUT2D eigenvalue weighted by Crippen LogP contribution is 2.36. The molecule has 0 saturated carbocycles. The maximum Gasteiger partial charge on any atom is 0.252 e. The van der Waals surface area contributed by atoms with Crippen LogP contribution in [0.3, 0.4) is 0 Å². The van der Waals surface area contributed by atoms with Gasteiger partial charge in [0.25, 0.3) is 5.91 Å². The Hall–Kier alpha value is -3.43. The molecule has 0 unspecified atom stereocenters. The van der Waals surface area contributed by atoms with Crippen LogP contribution in [0.2, 0.25) is 0 Å². The van der Waals surface area contributed by atoms with Crippen LogP contribution in [-0.2, 0) is 22.3 Å². The highest BCUT2D eigenvalue weighted by molar-refractivity contribution is 5.98. The van der Waals surface area contributed by atoms with Crippen LogP contribution < -0.4 is 10.2 Å². The van der Waals surface area contributed by atoms with Crippen molar-refractivity contribution in [2.75, 3.05) is 38.9 Å². The van der Waals surface area contributed by atoms with Gasteiger partial charge in [0.1, 0.15) is 5.82 Å². The molecule has 184 valence electrons. The summed E-state index contributed by atoms with van der Waals surface area (Å²) < 4.78 is 50.8. The van der Waals surface area contributed by atoms with Gasteiger partial charge in [-0.1, -0.05) is 6.07 Å². The number of pyridine rings is 1. The summed E-state index contributed by atoms with van der Waals surface area (Å²) in [6, 6.07) is 10.8. The second-order valence-corrected chi connectivity index (χ2v) is 8.36. The minimum atomic E-state index is -1.48. The molecule has 0 saturated heterocycles. The number of amides is 1. The molecule has 2 aromatic carbocycles. The highest BCUT2D eigenvalue weighted by atomic mass is 19.2. The van der Waals surface area contributed by atoms with Crippen LogP contribution in [0.5, 0.6) is 0 Å². The van der Waals surface area contributed by atoms with Crippen molar-refractivity contribution in [3.63, 3.8) is 0 Å². The quantitative estimate of drug-likeness (QED) is 0.461. The lowest BCUT2D eigenvalue weighted by Gasteiger charge is -2.20. The molecule has 0 radical (unpaired) electrons. The standard InChI is InChI=1S/C26H26F3N3O3/c1-34-14-18(15-35-2)31-26(33)20-4-3-5-23-19(20)7-9-32(23)24-13-16(6-8-30-24)10-17-11-21(27)25(29)22(28)12-17/h3-6,8,11-13,18H,7,9-10,14-15H2,1-2H3,(H,31,33). The number of carbonyl (C=O) groups is 1. The number of benzene rings is 2. The number of hydrogen-bond acceptors (Lipinski definition) is 5. The Kier molecular flexibility index (Phi) is 7.67. The molecule has 1 aromatic heterocycles. The smallest absolute Gasteiger partial charge is 0.252 e. The molecule has 3 aromatic rings. The Morgan fingerprint density at radius 3 is 2.46 bits per heavy atom. The average Bonchev–Trinajstić information content (AvgIpc) is 3.27. The third kappa shape index (κ3) is 5.47.